The average Bonchev–Trinajstić information content (AvgIpc) is 2.06. The molecule has 0 saturated carbocycles. The maximum atomic E-state index is 13.4. The zero-order valence-corrected chi connectivity index (χ0v) is 9.92. The first-order valence-corrected chi connectivity index (χ1v) is 5.41. The smallest absolute Gasteiger partial charge is 0.410 e. The summed E-state index contributed by atoms with van der Waals surface area (Å²) in [7, 11) is 0. The average molecular weight is 217 g/mol. The van der Waals surface area contributed by atoms with Crippen LogP contribution in [0.5, 0.6) is 0 Å². The largest absolute Gasteiger partial charge is 0.444 e. The Balaban J connectivity index is 2.48. The zero-order chi connectivity index (χ0) is 11.6. The van der Waals surface area contributed by atoms with Crippen molar-refractivity contribution in [2.45, 2.75) is 45.9 Å². The van der Waals surface area contributed by atoms with Crippen LogP contribution in [-0.4, -0.2) is 35.9 Å². The number of carbonyl (C=O) groups is 1. The van der Waals surface area contributed by atoms with Gasteiger partial charge in [0.25, 0.3) is 0 Å². The molecule has 1 saturated heterocycles. The summed E-state index contributed by atoms with van der Waals surface area (Å²) in [4.78, 5) is 13.1. The summed E-state index contributed by atoms with van der Waals surface area (Å²) < 4.78 is 18.6. The Morgan fingerprint density at radius 1 is 1.47 bits per heavy atom. The van der Waals surface area contributed by atoms with E-state index in [4.69, 9.17) is 4.74 Å². The van der Waals surface area contributed by atoms with Crippen LogP contribution in [0.4, 0.5) is 9.18 Å². The third kappa shape index (κ3) is 3.68. The van der Waals surface area contributed by atoms with Gasteiger partial charge in [0.15, 0.2) is 0 Å². The maximum absolute atomic E-state index is 13.4. The normalized spacial score (nSPS) is 27.7. The molecule has 88 valence electrons. The quantitative estimate of drug-likeness (QED) is 0.624. The standard InChI is InChI=1S/C11H20FNO2/c1-8-5-6-13(7-9(8)12)10(14)15-11(2,3)4/h8-9H,5-7H2,1-4H3/t8?,9-/m0/s1. The first-order valence-electron chi connectivity index (χ1n) is 5.41. The molecule has 0 aromatic heterocycles. The SMILES string of the molecule is CC1CCN(C(=O)OC(C)(C)C)C[C@@H]1F. The second-order valence-corrected chi connectivity index (χ2v) is 5.21. The Labute approximate surface area is 90.6 Å². The molecule has 0 aromatic rings. The molecule has 0 aliphatic carbocycles. The van der Waals surface area contributed by atoms with Crippen LogP contribution in [0, 0.1) is 5.92 Å². The van der Waals surface area contributed by atoms with Crippen LogP contribution < -0.4 is 0 Å². The van der Waals surface area contributed by atoms with Gasteiger partial charge in [-0.3, -0.25) is 0 Å². The van der Waals surface area contributed by atoms with Crippen molar-refractivity contribution < 1.29 is 13.9 Å². The minimum absolute atomic E-state index is 0.0451. The number of hydrogen-bond acceptors (Lipinski definition) is 2. The van der Waals surface area contributed by atoms with E-state index in [1.54, 1.807) is 0 Å². The summed E-state index contributed by atoms with van der Waals surface area (Å²) >= 11 is 0. The van der Waals surface area contributed by atoms with E-state index < -0.39 is 17.9 Å². The Morgan fingerprint density at radius 2 is 2.07 bits per heavy atom. The van der Waals surface area contributed by atoms with Gasteiger partial charge < -0.3 is 9.64 Å². The number of carbonyl (C=O) groups excluding carboxylic acids is 1. The third-order valence-electron chi connectivity index (χ3n) is 2.52. The van der Waals surface area contributed by atoms with Gasteiger partial charge in [0.05, 0.1) is 6.54 Å². The highest BCUT2D eigenvalue weighted by Crippen LogP contribution is 2.21. The Bertz CT molecular complexity index is 237. The number of piperidine rings is 1. The van der Waals surface area contributed by atoms with Gasteiger partial charge in [-0.05, 0) is 33.1 Å². The third-order valence-corrected chi connectivity index (χ3v) is 2.52. The minimum atomic E-state index is -0.925. The summed E-state index contributed by atoms with van der Waals surface area (Å²) in [6.07, 6.45) is -0.622. The number of halogens is 1. The van der Waals surface area contributed by atoms with Crippen molar-refractivity contribution in [1.82, 2.24) is 4.90 Å². The molecular formula is C11H20FNO2. The molecule has 1 heterocycles. The minimum Gasteiger partial charge on any atom is -0.444 e. The van der Waals surface area contributed by atoms with Gasteiger partial charge in [-0.2, -0.15) is 0 Å². The molecule has 0 radical (unpaired) electrons. The van der Waals surface area contributed by atoms with Gasteiger partial charge in [0.1, 0.15) is 11.8 Å². The van der Waals surface area contributed by atoms with E-state index in [-0.39, 0.29) is 12.5 Å². The summed E-state index contributed by atoms with van der Waals surface area (Å²) in [5.74, 6) is 0.0451. The molecule has 1 fully saturated rings. The van der Waals surface area contributed by atoms with E-state index in [1.165, 1.54) is 4.90 Å². The molecule has 1 aliphatic heterocycles. The molecule has 3 nitrogen and oxygen atoms in total. The molecule has 4 heteroatoms. The second-order valence-electron chi connectivity index (χ2n) is 5.21. The molecule has 0 N–H and O–H groups in total. The highest BCUT2D eigenvalue weighted by Gasteiger charge is 2.31. The fourth-order valence-electron chi connectivity index (χ4n) is 1.51. The number of amides is 1. The fraction of sp³-hybridized carbons (Fsp3) is 0.909. The topological polar surface area (TPSA) is 29.5 Å². The van der Waals surface area contributed by atoms with E-state index in [0.717, 1.165) is 0 Å². The Kier molecular flexibility index (Phi) is 3.58. The van der Waals surface area contributed by atoms with Crippen molar-refractivity contribution in [1.29, 1.82) is 0 Å². The first kappa shape index (κ1) is 12.3. The van der Waals surface area contributed by atoms with Gasteiger partial charge in [0, 0.05) is 6.54 Å². The summed E-state index contributed by atoms with van der Waals surface area (Å²) in [6.45, 7) is 8.06. The number of nitrogens with zero attached hydrogens (tertiary/aromatic N) is 1. The molecule has 0 spiro atoms. The van der Waals surface area contributed by atoms with E-state index >= 15 is 0 Å². The maximum Gasteiger partial charge on any atom is 0.410 e. The molecule has 15 heavy (non-hydrogen) atoms. The van der Waals surface area contributed by atoms with E-state index in [9.17, 15) is 9.18 Å². The number of likely N-dealkylation sites (tertiary alicyclic amines) is 1. The summed E-state index contributed by atoms with van der Waals surface area (Å²) in [5.41, 5.74) is -0.508. The van der Waals surface area contributed by atoms with Gasteiger partial charge in [-0.15, -0.1) is 0 Å². The van der Waals surface area contributed by atoms with Gasteiger partial charge in [-0.25, -0.2) is 9.18 Å². The highest BCUT2D eigenvalue weighted by molar-refractivity contribution is 5.68. The molecule has 1 rings (SSSR count). The van der Waals surface area contributed by atoms with Crippen molar-refractivity contribution in [2.24, 2.45) is 5.92 Å². The van der Waals surface area contributed by atoms with Crippen molar-refractivity contribution in [3.05, 3.63) is 0 Å². The highest BCUT2D eigenvalue weighted by atomic mass is 19.1. The van der Waals surface area contributed by atoms with Crippen LogP contribution >= 0.6 is 0 Å². The van der Waals surface area contributed by atoms with Gasteiger partial charge in [-0.1, -0.05) is 6.92 Å². The van der Waals surface area contributed by atoms with E-state index in [1.807, 2.05) is 27.7 Å². The number of hydrogen-bond donors (Lipinski definition) is 0. The van der Waals surface area contributed by atoms with Crippen molar-refractivity contribution in [3.63, 3.8) is 0 Å². The van der Waals surface area contributed by atoms with Crippen molar-refractivity contribution >= 4 is 6.09 Å². The Hall–Kier alpha value is -0.800. The molecular weight excluding hydrogens is 197 g/mol. The lowest BCUT2D eigenvalue weighted by Gasteiger charge is -2.34. The van der Waals surface area contributed by atoms with E-state index in [2.05, 4.69) is 0 Å². The fourth-order valence-corrected chi connectivity index (χ4v) is 1.51. The number of ether oxygens (including phenoxy) is 1. The van der Waals surface area contributed by atoms with Crippen LogP contribution in [0.1, 0.15) is 34.1 Å². The number of alkyl halides is 1. The van der Waals surface area contributed by atoms with E-state index in [0.29, 0.717) is 13.0 Å². The van der Waals surface area contributed by atoms with Crippen LogP contribution in [0.15, 0.2) is 0 Å². The Morgan fingerprint density at radius 3 is 2.53 bits per heavy atom. The van der Waals surface area contributed by atoms with Crippen LogP contribution in [0.2, 0.25) is 0 Å². The lowest BCUT2D eigenvalue weighted by Crippen LogP contribution is -2.46. The number of rotatable bonds is 0. The molecule has 1 amide bonds. The summed E-state index contributed by atoms with van der Waals surface area (Å²) in [6, 6.07) is 0. The molecule has 2 atom stereocenters. The van der Waals surface area contributed by atoms with Crippen LogP contribution in [-0.2, 0) is 4.74 Å². The summed E-state index contributed by atoms with van der Waals surface area (Å²) in [5, 5.41) is 0. The zero-order valence-electron chi connectivity index (χ0n) is 9.92. The predicted molar refractivity (Wildman–Crippen MR) is 56.5 cm³/mol. The van der Waals surface area contributed by atoms with Crippen molar-refractivity contribution in [3.8, 4) is 0 Å². The molecule has 0 bridgehead atoms. The lowest BCUT2D eigenvalue weighted by atomic mass is 9.98. The van der Waals surface area contributed by atoms with Crippen LogP contribution in [0.3, 0.4) is 0 Å². The second kappa shape index (κ2) is 4.37. The van der Waals surface area contributed by atoms with Crippen LogP contribution in [0.25, 0.3) is 0 Å². The first-order chi connectivity index (χ1) is 6.79. The molecule has 1 aliphatic rings. The lowest BCUT2D eigenvalue weighted by molar-refractivity contribution is 0.00709. The monoisotopic (exact) mass is 217 g/mol. The molecule has 0 aromatic carbocycles. The van der Waals surface area contributed by atoms with Crippen molar-refractivity contribution in [2.75, 3.05) is 13.1 Å². The molecule has 1 unspecified atom stereocenters. The van der Waals surface area contributed by atoms with Gasteiger partial charge in [0.2, 0.25) is 0 Å². The predicted octanol–water partition coefficient (Wildman–Crippen LogP) is 2.60. The van der Waals surface area contributed by atoms with Gasteiger partial charge >= 0.3 is 6.09 Å².